The van der Waals surface area contributed by atoms with Crippen molar-refractivity contribution in [1.29, 1.82) is 0 Å². The second-order valence-corrected chi connectivity index (χ2v) is 15.8. The van der Waals surface area contributed by atoms with Gasteiger partial charge in [-0.2, -0.15) is 0 Å². The van der Waals surface area contributed by atoms with E-state index in [9.17, 15) is 0 Å². The first-order valence-corrected chi connectivity index (χ1v) is 20.0. The molecule has 0 fully saturated rings. The van der Waals surface area contributed by atoms with E-state index < -0.39 is 0 Å². The van der Waals surface area contributed by atoms with Gasteiger partial charge in [0, 0.05) is 38.6 Å². The zero-order valence-electron chi connectivity index (χ0n) is 31.4. The van der Waals surface area contributed by atoms with Crippen LogP contribution in [-0.2, 0) is 18.3 Å². The van der Waals surface area contributed by atoms with Gasteiger partial charge in [-0.05, 0) is 123 Å². The molecule has 57 heavy (non-hydrogen) atoms. The van der Waals surface area contributed by atoms with Crippen LogP contribution >= 0.6 is 0 Å². The van der Waals surface area contributed by atoms with Gasteiger partial charge in [0.05, 0.1) is 16.7 Å². The number of anilines is 3. The summed E-state index contributed by atoms with van der Waals surface area (Å²) in [5.41, 5.74) is 17.9. The third-order valence-electron chi connectivity index (χ3n) is 12.7. The van der Waals surface area contributed by atoms with Crippen LogP contribution in [0.15, 0.2) is 206 Å². The first-order chi connectivity index (χ1) is 28.2. The van der Waals surface area contributed by atoms with Crippen LogP contribution in [0.2, 0.25) is 0 Å². The second-order valence-electron chi connectivity index (χ2n) is 15.8. The lowest BCUT2D eigenvalue weighted by Gasteiger charge is -2.31. The molecule has 1 spiro atoms. The van der Waals surface area contributed by atoms with Crippen molar-refractivity contribution >= 4 is 49.6 Å². The quantitative estimate of drug-likeness (QED) is 0.171. The molecule has 2 nitrogen and oxygen atoms in total. The normalized spacial score (nSPS) is 13.6. The number of hydrogen-bond acceptors (Lipinski definition) is 1. The summed E-state index contributed by atoms with van der Waals surface area (Å²) in [4.78, 5) is 2.49. The Kier molecular flexibility index (Phi) is 7.00. The van der Waals surface area contributed by atoms with Crippen LogP contribution in [0, 0.1) is 0 Å². The summed E-state index contributed by atoms with van der Waals surface area (Å²) in [5.74, 6) is 0. The van der Waals surface area contributed by atoms with Crippen molar-refractivity contribution in [2.24, 2.45) is 0 Å². The maximum Gasteiger partial charge on any atom is 0.0541 e. The zero-order chi connectivity index (χ0) is 37.5. The highest BCUT2D eigenvalue weighted by molar-refractivity contribution is 6.10. The van der Waals surface area contributed by atoms with Crippen LogP contribution in [0.5, 0.6) is 0 Å². The summed E-state index contributed by atoms with van der Waals surface area (Å²) < 4.78 is 2.38. The maximum absolute atomic E-state index is 2.51. The van der Waals surface area contributed by atoms with Crippen LogP contribution in [0.3, 0.4) is 0 Å². The van der Waals surface area contributed by atoms with E-state index in [2.05, 4.69) is 216 Å². The van der Waals surface area contributed by atoms with Crippen molar-refractivity contribution in [3.8, 4) is 27.9 Å². The Bertz CT molecular complexity index is 3170. The maximum atomic E-state index is 2.51. The van der Waals surface area contributed by atoms with Gasteiger partial charge in [0.2, 0.25) is 0 Å². The van der Waals surface area contributed by atoms with E-state index in [0.717, 1.165) is 18.5 Å². The summed E-state index contributed by atoms with van der Waals surface area (Å²) in [6.45, 7) is 0. The Morgan fingerprint density at radius 1 is 0.404 bits per heavy atom. The Labute approximate surface area is 332 Å². The van der Waals surface area contributed by atoms with Crippen molar-refractivity contribution in [2.45, 2.75) is 18.3 Å². The molecule has 2 aliphatic rings. The van der Waals surface area contributed by atoms with E-state index in [0.29, 0.717) is 0 Å². The molecule has 2 heteroatoms. The SMILES string of the molecule is c1ccc(-n2c3ccccc3c3cc(-c4cccc(N(c5ccc6c(c5)C5(Cc7ccccc7C5)c5ccccc5-6)c5cccc6ccccc56)c4)ccc32)cc1. The standard InChI is InChI=1S/C55H38N2/c1-2-19-42(20-3-1)57-53-26-11-9-24-48(53)49-33-39(28-31-54(49)57)38-18-12-21-43(32-38)56(52-27-13-17-37-14-6-7-22-45(37)52)44-29-30-47-46-23-8-10-25-50(46)55(51(47)34-44)35-40-15-4-5-16-41(40)36-55/h1-34H,35-36H2. The fourth-order valence-corrected chi connectivity index (χ4v) is 10.2. The van der Waals surface area contributed by atoms with Gasteiger partial charge in [0.25, 0.3) is 0 Å². The topological polar surface area (TPSA) is 8.17 Å². The molecule has 1 aromatic heterocycles. The Hall–Kier alpha value is -7.16. The monoisotopic (exact) mass is 726 g/mol. The van der Waals surface area contributed by atoms with Gasteiger partial charge in [-0.1, -0.05) is 146 Å². The number of benzene rings is 9. The van der Waals surface area contributed by atoms with E-state index in [-0.39, 0.29) is 5.41 Å². The van der Waals surface area contributed by atoms with Crippen LogP contribution < -0.4 is 4.90 Å². The van der Waals surface area contributed by atoms with Crippen molar-refractivity contribution in [3.63, 3.8) is 0 Å². The molecule has 0 amide bonds. The summed E-state index contributed by atoms with van der Waals surface area (Å²) in [7, 11) is 0. The summed E-state index contributed by atoms with van der Waals surface area (Å²) in [5, 5.41) is 4.97. The van der Waals surface area contributed by atoms with Crippen molar-refractivity contribution in [2.75, 3.05) is 4.90 Å². The molecule has 0 saturated carbocycles. The Morgan fingerprint density at radius 2 is 1.05 bits per heavy atom. The molecular formula is C55H38N2. The zero-order valence-corrected chi connectivity index (χ0v) is 31.4. The van der Waals surface area contributed by atoms with Crippen molar-refractivity contribution < 1.29 is 0 Å². The van der Waals surface area contributed by atoms with Crippen LogP contribution in [0.4, 0.5) is 17.1 Å². The van der Waals surface area contributed by atoms with E-state index >= 15 is 0 Å². The Balaban J connectivity index is 1.04. The minimum Gasteiger partial charge on any atom is -0.310 e. The molecule has 2 aliphatic carbocycles. The van der Waals surface area contributed by atoms with Crippen molar-refractivity contribution in [1.82, 2.24) is 4.57 Å². The molecule has 9 aromatic carbocycles. The first-order valence-electron chi connectivity index (χ1n) is 20.0. The highest BCUT2D eigenvalue weighted by Crippen LogP contribution is 2.56. The van der Waals surface area contributed by atoms with E-state index in [1.54, 1.807) is 0 Å². The van der Waals surface area contributed by atoms with Gasteiger partial charge < -0.3 is 9.47 Å². The van der Waals surface area contributed by atoms with Gasteiger partial charge in [-0.25, -0.2) is 0 Å². The predicted octanol–water partition coefficient (Wildman–Crippen LogP) is 14.1. The van der Waals surface area contributed by atoms with Gasteiger partial charge in [-0.15, -0.1) is 0 Å². The fraction of sp³-hybridized carbons (Fsp3) is 0.0545. The number of nitrogens with zero attached hydrogens (tertiary/aromatic N) is 2. The summed E-state index contributed by atoms with van der Waals surface area (Å²) >= 11 is 0. The summed E-state index contributed by atoms with van der Waals surface area (Å²) in [6.07, 6.45) is 2.03. The number of aromatic nitrogens is 1. The average molecular weight is 727 g/mol. The number of para-hydroxylation sites is 2. The molecule has 0 unspecified atom stereocenters. The lowest BCUT2D eigenvalue weighted by atomic mass is 9.75. The van der Waals surface area contributed by atoms with Crippen molar-refractivity contribution in [3.05, 3.63) is 229 Å². The molecule has 0 N–H and O–H groups in total. The van der Waals surface area contributed by atoms with E-state index in [1.165, 1.54) is 94.1 Å². The molecule has 0 saturated heterocycles. The first kappa shape index (κ1) is 32.1. The van der Waals surface area contributed by atoms with Crippen LogP contribution in [0.25, 0.3) is 60.5 Å². The molecular weight excluding hydrogens is 689 g/mol. The molecule has 268 valence electrons. The highest BCUT2D eigenvalue weighted by atomic mass is 15.1. The summed E-state index contributed by atoms with van der Waals surface area (Å²) in [6, 6.07) is 76.5. The molecule has 0 radical (unpaired) electrons. The lowest BCUT2D eigenvalue weighted by molar-refractivity contribution is 0.563. The Morgan fingerprint density at radius 3 is 1.93 bits per heavy atom. The molecule has 12 rings (SSSR count). The largest absolute Gasteiger partial charge is 0.310 e. The van der Waals surface area contributed by atoms with E-state index in [4.69, 9.17) is 0 Å². The number of rotatable bonds is 5. The highest BCUT2D eigenvalue weighted by Gasteiger charge is 2.47. The van der Waals surface area contributed by atoms with Crippen LogP contribution in [0.1, 0.15) is 22.3 Å². The van der Waals surface area contributed by atoms with Gasteiger partial charge >= 0.3 is 0 Å². The fourth-order valence-electron chi connectivity index (χ4n) is 10.2. The van der Waals surface area contributed by atoms with Gasteiger partial charge in [0.15, 0.2) is 0 Å². The minimum atomic E-state index is -0.0910. The molecule has 0 aliphatic heterocycles. The second kappa shape index (κ2) is 12.4. The minimum absolute atomic E-state index is 0.0910. The molecule has 10 aromatic rings. The predicted molar refractivity (Wildman–Crippen MR) is 238 cm³/mol. The van der Waals surface area contributed by atoms with Gasteiger partial charge in [-0.3, -0.25) is 0 Å². The molecule has 1 heterocycles. The van der Waals surface area contributed by atoms with Gasteiger partial charge in [0.1, 0.15) is 0 Å². The van der Waals surface area contributed by atoms with E-state index in [1.807, 2.05) is 0 Å². The molecule has 0 bridgehead atoms. The third-order valence-corrected chi connectivity index (χ3v) is 12.7. The smallest absolute Gasteiger partial charge is 0.0541 e. The van der Waals surface area contributed by atoms with Crippen LogP contribution in [-0.4, -0.2) is 4.57 Å². The lowest BCUT2D eigenvalue weighted by Crippen LogP contribution is -2.26. The number of hydrogen-bond donors (Lipinski definition) is 0. The number of fused-ring (bicyclic) bond motifs is 10. The third kappa shape index (κ3) is 4.84. The average Bonchev–Trinajstić information content (AvgIpc) is 3.92. The molecule has 0 atom stereocenters.